The number of H-pyrrole nitrogens is 1. The Morgan fingerprint density at radius 2 is 1.88 bits per heavy atom. The van der Waals surface area contributed by atoms with E-state index < -0.39 is 11.9 Å². The zero-order valence-corrected chi connectivity index (χ0v) is 14.4. The molecule has 0 fully saturated rings. The fourth-order valence-electron chi connectivity index (χ4n) is 2.56. The number of hydrogen-bond donors (Lipinski definition) is 2. The number of halogens is 1. The highest BCUT2D eigenvalue weighted by molar-refractivity contribution is 6.33. The number of carbonyl (C=O) groups is 2. The van der Waals surface area contributed by atoms with E-state index in [1.54, 1.807) is 37.3 Å². The number of esters is 1. The van der Waals surface area contributed by atoms with Gasteiger partial charge in [0.25, 0.3) is 0 Å². The van der Waals surface area contributed by atoms with Crippen molar-refractivity contribution in [2.45, 2.75) is 6.92 Å². The highest BCUT2D eigenvalue weighted by Gasteiger charge is 2.22. The molecule has 0 spiro atoms. The molecule has 2 N–H and O–H groups in total. The molecule has 0 radical (unpaired) electrons. The van der Waals surface area contributed by atoms with Crippen LogP contribution in [0, 0.1) is 0 Å². The molecule has 132 valence electrons. The van der Waals surface area contributed by atoms with Crippen molar-refractivity contribution in [1.29, 1.82) is 0 Å². The quantitative estimate of drug-likeness (QED) is 0.663. The van der Waals surface area contributed by atoms with Gasteiger partial charge in [0.15, 0.2) is 5.69 Å². The Hall–Kier alpha value is -3.19. The third kappa shape index (κ3) is 3.29. The van der Waals surface area contributed by atoms with Gasteiger partial charge >= 0.3 is 11.9 Å². The molecule has 1 aromatic heterocycles. The minimum absolute atomic E-state index is 0.00950. The highest BCUT2D eigenvalue weighted by Crippen LogP contribution is 2.34. The van der Waals surface area contributed by atoms with Crippen LogP contribution in [0.15, 0.2) is 42.5 Å². The van der Waals surface area contributed by atoms with Gasteiger partial charge in [0.2, 0.25) is 0 Å². The summed E-state index contributed by atoms with van der Waals surface area (Å²) in [6.45, 7) is 1.92. The molecule has 0 saturated carbocycles. The number of aromatic amines is 1. The standard InChI is InChI=1S/C18H14ClN3O4/c1-2-26-18(25)16-15(20-22-21-16)12-6-4-3-5-11(12)10-7-8-14(19)13(9-10)17(23)24/h3-9H,2H2,1H3,(H,23,24)(H,20,21,22). The molecule has 2 aromatic carbocycles. The first kappa shape index (κ1) is 17.6. The lowest BCUT2D eigenvalue weighted by Crippen LogP contribution is -2.07. The van der Waals surface area contributed by atoms with Crippen LogP contribution < -0.4 is 0 Å². The van der Waals surface area contributed by atoms with Crippen molar-refractivity contribution in [1.82, 2.24) is 15.4 Å². The van der Waals surface area contributed by atoms with E-state index in [9.17, 15) is 14.7 Å². The molecule has 8 heteroatoms. The van der Waals surface area contributed by atoms with Crippen LogP contribution in [0.5, 0.6) is 0 Å². The largest absolute Gasteiger partial charge is 0.478 e. The van der Waals surface area contributed by atoms with Crippen LogP contribution in [-0.4, -0.2) is 39.1 Å². The van der Waals surface area contributed by atoms with E-state index in [1.165, 1.54) is 12.1 Å². The van der Waals surface area contributed by atoms with Crippen molar-refractivity contribution in [2.75, 3.05) is 6.61 Å². The molecule has 0 amide bonds. The number of nitrogens with one attached hydrogen (secondary N) is 1. The molecular weight excluding hydrogens is 358 g/mol. The lowest BCUT2D eigenvalue weighted by atomic mass is 9.95. The average Bonchev–Trinajstić information content (AvgIpc) is 3.12. The van der Waals surface area contributed by atoms with E-state index in [-0.39, 0.29) is 22.9 Å². The monoisotopic (exact) mass is 371 g/mol. The summed E-state index contributed by atoms with van der Waals surface area (Å²) >= 11 is 5.95. The zero-order valence-electron chi connectivity index (χ0n) is 13.7. The fraction of sp³-hybridized carbons (Fsp3) is 0.111. The topological polar surface area (TPSA) is 105 Å². The van der Waals surface area contributed by atoms with Crippen molar-refractivity contribution < 1.29 is 19.4 Å². The van der Waals surface area contributed by atoms with E-state index in [0.717, 1.165) is 0 Å². The molecule has 0 saturated heterocycles. The average molecular weight is 372 g/mol. The smallest absolute Gasteiger partial charge is 0.361 e. The van der Waals surface area contributed by atoms with E-state index in [1.807, 2.05) is 0 Å². The Morgan fingerprint density at radius 1 is 1.15 bits per heavy atom. The number of ether oxygens (including phenoxy) is 1. The third-order valence-electron chi connectivity index (χ3n) is 3.71. The lowest BCUT2D eigenvalue weighted by molar-refractivity contribution is 0.0520. The van der Waals surface area contributed by atoms with Crippen LogP contribution in [-0.2, 0) is 4.74 Å². The second-order valence-electron chi connectivity index (χ2n) is 5.29. The van der Waals surface area contributed by atoms with Crippen LogP contribution in [0.3, 0.4) is 0 Å². The molecule has 0 atom stereocenters. The van der Waals surface area contributed by atoms with E-state index >= 15 is 0 Å². The van der Waals surface area contributed by atoms with Gasteiger partial charge in [0.05, 0.1) is 17.2 Å². The molecule has 0 unspecified atom stereocenters. The van der Waals surface area contributed by atoms with Crippen molar-refractivity contribution in [3.63, 3.8) is 0 Å². The fourth-order valence-corrected chi connectivity index (χ4v) is 2.76. The molecule has 0 aliphatic heterocycles. The number of carboxylic acids is 1. The Morgan fingerprint density at radius 3 is 2.58 bits per heavy atom. The van der Waals surface area contributed by atoms with Crippen LogP contribution in [0.2, 0.25) is 5.02 Å². The van der Waals surface area contributed by atoms with Crippen LogP contribution in [0.4, 0.5) is 0 Å². The number of carboxylic acid groups (broad SMARTS) is 1. The maximum absolute atomic E-state index is 12.1. The second-order valence-corrected chi connectivity index (χ2v) is 5.69. The van der Waals surface area contributed by atoms with Gasteiger partial charge < -0.3 is 9.84 Å². The highest BCUT2D eigenvalue weighted by atomic mass is 35.5. The van der Waals surface area contributed by atoms with Crippen molar-refractivity contribution >= 4 is 23.5 Å². The van der Waals surface area contributed by atoms with Crippen molar-refractivity contribution in [3.8, 4) is 22.4 Å². The summed E-state index contributed by atoms with van der Waals surface area (Å²) in [7, 11) is 0. The van der Waals surface area contributed by atoms with Gasteiger partial charge in [0, 0.05) is 5.56 Å². The van der Waals surface area contributed by atoms with Gasteiger partial charge in [-0.05, 0) is 30.2 Å². The number of aromatic nitrogens is 3. The SMILES string of the molecule is CCOC(=O)c1n[nH]nc1-c1ccccc1-c1ccc(Cl)c(C(=O)O)c1. The zero-order chi connectivity index (χ0) is 18.7. The first-order valence-corrected chi connectivity index (χ1v) is 8.11. The Balaban J connectivity index is 2.15. The Kier molecular flexibility index (Phi) is 4.99. The van der Waals surface area contributed by atoms with E-state index in [2.05, 4.69) is 15.4 Å². The predicted molar refractivity (Wildman–Crippen MR) is 95.2 cm³/mol. The normalized spacial score (nSPS) is 10.5. The first-order chi connectivity index (χ1) is 12.5. The minimum Gasteiger partial charge on any atom is -0.478 e. The third-order valence-corrected chi connectivity index (χ3v) is 4.04. The van der Waals surface area contributed by atoms with Crippen molar-refractivity contribution in [3.05, 3.63) is 58.7 Å². The second kappa shape index (κ2) is 7.37. The minimum atomic E-state index is -1.12. The molecule has 0 aliphatic rings. The van der Waals surface area contributed by atoms with Gasteiger partial charge in [-0.15, -0.1) is 5.10 Å². The Labute approximate surface area is 153 Å². The number of hydrogen-bond acceptors (Lipinski definition) is 5. The molecule has 3 rings (SSSR count). The Bertz CT molecular complexity index is 984. The summed E-state index contributed by atoms with van der Waals surface area (Å²) in [5, 5.41) is 19.8. The summed E-state index contributed by atoms with van der Waals surface area (Å²) in [5.41, 5.74) is 2.30. The molecule has 0 bridgehead atoms. The van der Waals surface area contributed by atoms with E-state index in [4.69, 9.17) is 16.3 Å². The maximum Gasteiger partial charge on any atom is 0.361 e. The number of benzene rings is 2. The van der Waals surface area contributed by atoms with Crippen LogP contribution in [0.25, 0.3) is 22.4 Å². The summed E-state index contributed by atoms with van der Waals surface area (Å²) in [5.74, 6) is -1.71. The number of aromatic carboxylic acids is 1. The molecule has 3 aromatic rings. The predicted octanol–water partition coefficient (Wildman–Crippen LogP) is 3.67. The molecular formula is C18H14ClN3O4. The maximum atomic E-state index is 12.1. The first-order valence-electron chi connectivity index (χ1n) is 7.73. The van der Waals surface area contributed by atoms with Gasteiger partial charge in [0.1, 0.15) is 5.69 Å². The molecule has 1 heterocycles. The van der Waals surface area contributed by atoms with Gasteiger partial charge in [-0.3, -0.25) is 0 Å². The lowest BCUT2D eigenvalue weighted by Gasteiger charge is -2.10. The molecule has 26 heavy (non-hydrogen) atoms. The van der Waals surface area contributed by atoms with E-state index in [0.29, 0.717) is 22.4 Å². The summed E-state index contributed by atoms with van der Waals surface area (Å²) < 4.78 is 5.00. The molecule has 7 nitrogen and oxygen atoms in total. The number of nitrogens with zero attached hydrogens (tertiary/aromatic N) is 2. The van der Waals surface area contributed by atoms with Gasteiger partial charge in [-0.25, -0.2) is 9.59 Å². The molecule has 0 aliphatic carbocycles. The summed E-state index contributed by atoms with van der Waals surface area (Å²) in [4.78, 5) is 23.5. The summed E-state index contributed by atoms with van der Waals surface area (Å²) in [6.07, 6.45) is 0. The number of carbonyl (C=O) groups excluding carboxylic acids is 1. The van der Waals surface area contributed by atoms with Crippen LogP contribution >= 0.6 is 11.6 Å². The van der Waals surface area contributed by atoms with Crippen molar-refractivity contribution in [2.24, 2.45) is 0 Å². The summed E-state index contributed by atoms with van der Waals surface area (Å²) in [6, 6.07) is 11.9. The van der Waals surface area contributed by atoms with Crippen LogP contribution in [0.1, 0.15) is 27.8 Å². The van der Waals surface area contributed by atoms with Gasteiger partial charge in [-0.2, -0.15) is 10.3 Å². The number of rotatable bonds is 5. The van der Waals surface area contributed by atoms with Gasteiger partial charge in [-0.1, -0.05) is 41.9 Å².